The number of H-pyrrole nitrogens is 1. The Morgan fingerprint density at radius 2 is 1.45 bits per heavy atom. The molecule has 0 bridgehead atoms. The number of rotatable bonds is 3. The summed E-state index contributed by atoms with van der Waals surface area (Å²) in [6.07, 6.45) is 9.13. The minimum absolute atomic E-state index is 0. The fourth-order valence-electron chi connectivity index (χ4n) is 1.31. The molecule has 0 aliphatic rings. The van der Waals surface area contributed by atoms with Crippen LogP contribution in [0.2, 0.25) is 0 Å². The van der Waals surface area contributed by atoms with Gasteiger partial charge in [-0.05, 0) is 49.4 Å². The van der Waals surface area contributed by atoms with Crippen molar-refractivity contribution in [1.29, 1.82) is 0 Å². The van der Waals surface area contributed by atoms with Crippen molar-refractivity contribution < 1.29 is 9.59 Å². The first-order valence-corrected chi connectivity index (χ1v) is 11.7. The number of hydrogen-bond donors (Lipinski definition) is 1. The SMILES string of the molecule is Brc1ccc2cc[nH]c2c1.C.C=CC(C)=O.CC=O.CCC.CCC.CCC(C)CC. The minimum Gasteiger partial charge on any atom is -0.361 e. The van der Waals surface area contributed by atoms with Gasteiger partial charge in [-0.3, -0.25) is 4.79 Å². The molecule has 0 spiro atoms. The third-order valence-electron chi connectivity index (χ3n) is 3.20. The molecule has 0 radical (unpaired) electrons. The quantitative estimate of drug-likeness (QED) is 0.337. The maximum absolute atomic E-state index is 9.69. The van der Waals surface area contributed by atoms with E-state index < -0.39 is 0 Å². The van der Waals surface area contributed by atoms with E-state index in [0.29, 0.717) is 0 Å². The lowest BCUT2D eigenvalue weighted by Gasteiger charge is -1.98. The molecule has 2 aromatic rings. The van der Waals surface area contributed by atoms with E-state index in [-0.39, 0.29) is 13.2 Å². The standard InChI is InChI=1S/C8H6BrN.C6H14.C4H6O.2C3H8.C2H4O.CH4/c9-7-2-1-6-3-4-10-8(6)5-7;1-4-6(3)5-2;1-3-4(2)5;2*1-3-2;1-2-3;/h1-5,10H;6H,4-5H2,1-3H3;3H,1H2,2H3;2*3H2,1-2H3;2H,1H3;1H4. The summed E-state index contributed by atoms with van der Waals surface area (Å²) in [4.78, 5) is 21.6. The second-order valence-electron chi connectivity index (χ2n) is 6.60. The van der Waals surface area contributed by atoms with Gasteiger partial charge in [-0.25, -0.2) is 0 Å². The van der Waals surface area contributed by atoms with Crippen LogP contribution in [0.3, 0.4) is 0 Å². The Morgan fingerprint density at radius 3 is 1.74 bits per heavy atom. The maximum Gasteiger partial charge on any atom is 0.152 e. The van der Waals surface area contributed by atoms with Gasteiger partial charge in [0.05, 0.1) is 0 Å². The van der Waals surface area contributed by atoms with Gasteiger partial charge in [0.25, 0.3) is 0 Å². The van der Waals surface area contributed by atoms with Gasteiger partial charge >= 0.3 is 0 Å². The van der Waals surface area contributed by atoms with E-state index in [1.54, 1.807) is 0 Å². The molecule has 0 amide bonds. The number of aldehydes is 1. The fourth-order valence-corrected chi connectivity index (χ4v) is 1.67. The van der Waals surface area contributed by atoms with Crippen molar-refractivity contribution >= 4 is 38.9 Å². The fraction of sp³-hybridized carbons (Fsp3) is 0.556. The van der Waals surface area contributed by atoms with Gasteiger partial charge in [-0.15, -0.1) is 0 Å². The molecule has 31 heavy (non-hydrogen) atoms. The van der Waals surface area contributed by atoms with Gasteiger partial charge in [0.1, 0.15) is 6.29 Å². The highest BCUT2D eigenvalue weighted by molar-refractivity contribution is 9.10. The Morgan fingerprint density at radius 1 is 1.06 bits per heavy atom. The summed E-state index contributed by atoms with van der Waals surface area (Å²) in [7, 11) is 0. The molecule has 0 fully saturated rings. The number of carbonyl (C=O) groups excluding carboxylic acids is 2. The second kappa shape index (κ2) is 33.0. The van der Waals surface area contributed by atoms with E-state index in [9.17, 15) is 4.79 Å². The van der Waals surface area contributed by atoms with Gasteiger partial charge in [-0.1, -0.05) is 110 Å². The van der Waals surface area contributed by atoms with Crippen LogP contribution < -0.4 is 0 Å². The van der Waals surface area contributed by atoms with Gasteiger partial charge in [-0.2, -0.15) is 0 Å². The molecule has 1 aromatic carbocycles. The number of carbonyl (C=O) groups is 2. The van der Waals surface area contributed by atoms with Gasteiger partial charge in [0.2, 0.25) is 0 Å². The van der Waals surface area contributed by atoms with Crippen molar-refractivity contribution in [3.05, 3.63) is 47.6 Å². The predicted molar refractivity (Wildman–Crippen MR) is 147 cm³/mol. The summed E-state index contributed by atoms with van der Waals surface area (Å²) in [5.41, 5.74) is 1.18. The second-order valence-corrected chi connectivity index (χ2v) is 7.51. The molecule has 0 saturated heterocycles. The zero-order valence-corrected chi connectivity index (χ0v) is 22.4. The van der Waals surface area contributed by atoms with Crippen LogP contribution in [-0.2, 0) is 9.59 Å². The van der Waals surface area contributed by atoms with Crippen LogP contribution in [0.25, 0.3) is 10.9 Å². The van der Waals surface area contributed by atoms with Crippen LogP contribution in [0, 0.1) is 5.92 Å². The first-order valence-electron chi connectivity index (χ1n) is 10.9. The highest BCUT2D eigenvalue weighted by Gasteiger charge is 1.92. The molecule has 0 aliphatic carbocycles. The molecular formula is C27H50BrNO2. The number of aromatic amines is 1. The number of ketones is 1. The highest BCUT2D eigenvalue weighted by atomic mass is 79.9. The average Bonchev–Trinajstić information content (AvgIpc) is 3.17. The molecular weight excluding hydrogens is 450 g/mol. The maximum atomic E-state index is 9.69. The number of halogens is 1. The van der Waals surface area contributed by atoms with E-state index >= 15 is 0 Å². The van der Waals surface area contributed by atoms with E-state index in [1.807, 2.05) is 12.3 Å². The predicted octanol–water partition coefficient (Wildman–Crippen LogP) is 9.81. The smallest absolute Gasteiger partial charge is 0.152 e. The Kier molecular flexibility index (Phi) is 42.3. The van der Waals surface area contributed by atoms with Crippen molar-refractivity contribution in [2.75, 3.05) is 0 Å². The van der Waals surface area contributed by atoms with Crippen molar-refractivity contribution in [2.24, 2.45) is 5.92 Å². The van der Waals surface area contributed by atoms with E-state index in [1.165, 1.54) is 56.5 Å². The summed E-state index contributed by atoms with van der Waals surface area (Å²) < 4.78 is 1.11. The molecule has 0 aliphatic heterocycles. The highest BCUT2D eigenvalue weighted by Crippen LogP contribution is 2.17. The van der Waals surface area contributed by atoms with Crippen molar-refractivity contribution in [2.45, 2.75) is 95.4 Å². The number of hydrogen-bond acceptors (Lipinski definition) is 2. The summed E-state index contributed by atoms with van der Waals surface area (Å²) in [6.45, 7) is 21.4. The molecule has 1 heterocycles. The minimum atomic E-state index is 0. The van der Waals surface area contributed by atoms with Crippen LogP contribution in [0.1, 0.15) is 95.4 Å². The van der Waals surface area contributed by atoms with Crippen LogP contribution in [-0.4, -0.2) is 17.1 Å². The topological polar surface area (TPSA) is 49.9 Å². The Bertz CT molecular complexity index is 614. The van der Waals surface area contributed by atoms with Gasteiger partial charge in [0.15, 0.2) is 5.78 Å². The molecule has 182 valence electrons. The third-order valence-corrected chi connectivity index (χ3v) is 3.69. The number of fused-ring (bicyclic) bond motifs is 1. The van der Waals surface area contributed by atoms with E-state index in [0.717, 1.165) is 16.7 Å². The summed E-state index contributed by atoms with van der Waals surface area (Å²) in [5, 5.41) is 1.25. The largest absolute Gasteiger partial charge is 0.361 e. The summed E-state index contributed by atoms with van der Waals surface area (Å²) >= 11 is 3.40. The number of allylic oxidation sites excluding steroid dienone is 1. The monoisotopic (exact) mass is 499 g/mol. The Labute approximate surface area is 202 Å². The first-order chi connectivity index (χ1) is 14.2. The zero-order chi connectivity index (χ0) is 24.4. The van der Waals surface area contributed by atoms with E-state index in [2.05, 4.69) is 94.2 Å². The molecule has 1 aromatic heterocycles. The number of aromatic nitrogens is 1. The Balaban J connectivity index is -0.0000000946. The molecule has 3 nitrogen and oxygen atoms in total. The first kappa shape index (κ1) is 39.8. The summed E-state index contributed by atoms with van der Waals surface area (Å²) in [5.74, 6) is 0.954. The lowest BCUT2D eigenvalue weighted by atomic mass is 10.1. The normalized spacial score (nSPS) is 7.97. The molecule has 4 heteroatoms. The lowest BCUT2D eigenvalue weighted by Crippen LogP contribution is -1.85. The van der Waals surface area contributed by atoms with Crippen molar-refractivity contribution in [3.8, 4) is 0 Å². The average molecular weight is 501 g/mol. The van der Waals surface area contributed by atoms with Crippen LogP contribution >= 0.6 is 15.9 Å². The number of nitrogens with one attached hydrogen (secondary N) is 1. The number of benzene rings is 1. The van der Waals surface area contributed by atoms with Gasteiger partial charge < -0.3 is 9.78 Å². The van der Waals surface area contributed by atoms with E-state index in [4.69, 9.17) is 4.79 Å². The van der Waals surface area contributed by atoms with Gasteiger partial charge in [0, 0.05) is 16.2 Å². The molecule has 0 atom stereocenters. The summed E-state index contributed by atoms with van der Waals surface area (Å²) in [6, 6.07) is 8.24. The lowest BCUT2D eigenvalue weighted by molar-refractivity contribution is -0.112. The molecule has 1 N–H and O–H groups in total. The Hall–Kier alpha value is -1.68. The third kappa shape index (κ3) is 36.1. The molecule has 2 rings (SSSR count). The molecule has 0 saturated carbocycles. The van der Waals surface area contributed by atoms with Crippen LogP contribution in [0.15, 0.2) is 47.6 Å². The van der Waals surface area contributed by atoms with Crippen molar-refractivity contribution in [1.82, 2.24) is 4.98 Å². The zero-order valence-electron chi connectivity index (χ0n) is 20.8. The van der Waals surface area contributed by atoms with Crippen LogP contribution in [0.4, 0.5) is 0 Å². The van der Waals surface area contributed by atoms with Crippen LogP contribution in [0.5, 0.6) is 0 Å². The van der Waals surface area contributed by atoms with Crippen molar-refractivity contribution in [3.63, 3.8) is 0 Å². The molecule has 0 unspecified atom stereocenters.